The maximum Gasteiger partial charge on any atom is 0.408 e. The number of anilines is 1. The number of carbonyl (C=O) groups is 2. The molecule has 0 aliphatic heterocycles. The number of thiazole rings is 1. The van der Waals surface area contributed by atoms with Crippen LogP contribution in [0.2, 0.25) is 0 Å². The van der Waals surface area contributed by atoms with E-state index in [2.05, 4.69) is 25.9 Å². The number of aliphatic imine (C=N–C) groups is 1. The number of hydrogen-bond acceptors (Lipinski definition) is 6. The summed E-state index contributed by atoms with van der Waals surface area (Å²) in [5.41, 5.74) is 6.19. The number of aryl methyl sites for hydroxylation is 1. The zero-order chi connectivity index (χ0) is 23.2. The number of carboxylic acid groups (broad SMARTS) is 2. The summed E-state index contributed by atoms with van der Waals surface area (Å²) in [6, 6.07) is 0. The van der Waals surface area contributed by atoms with E-state index in [4.69, 9.17) is 28.2 Å². The summed E-state index contributed by atoms with van der Waals surface area (Å²) < 4.78 is 36.0. The van der Waals surface area contributed by atoms with Crippen molar-refractivity contribution in [1.29, 1.82) is 0 Å². The standard InChI is InChI=1S/C11H17F3N6S2.C4H4O4/c1-16-9(21)17-4-2-3-7-5-22-10(19-7)20-8(15)18-6-11(12,13)14;5-3(6)1-2-4(7)8/h5H,2-4,6H2,1H3,(H2,16,17,21)(H3,15,18,19,20);1-2H,(H,5,6)(H,7,8)/b;2-1-. The monoisotopic (exact) mass is 470 g/mol. The molecular formula is C15H21F3N6O4S2. The summed E-state index contributed by atoms with van der Waals surface area (Å²) >= 11 is 6.19. The third-order valence-electron chi connectivity index (χ3n) is 2.71. The molecule has 0 aliphatic rings. The van der Waals surface area contributed by atoms with Crippen LogP contribution < -0.4 is 21.7 Å². The smallest absolute Gasteiger partial charge is 0.408 e. The molecule has 0 bridgehead atoms. The number of nitrogens with zero attached hydrogens (tertiary/aromatic N) is 2. The van der Waals surface area contributed by atoms with Gasteiger partial charge < -0.3 is 31.9 Å². The largest absolute Gasteiger partial charge is 0.478 e. The van der Waals surface area contributed by atoms with Gasteiger partial charge in [-0.05, 0) is 25.1 Å². The first kappa shape index (κ1) is 27.1. The second kappa shape index (κ2) is 14.1. The maximum atomic E-state index is 12.0. The van der Waals surface area contributed by atoms with Gasteiger partial charge in [0.05, 0.1) is 5.69 Å². The number of halogens is 3. The van der Waals surface area contributed by atoms with E-state index in [0.717, 1.165) is 18.5 Å². The molecule has 1 rings (SSSR count). The molecule has 0 atom stereocenters. The Bertz CT molecular complexity index is 752. The van der Waals surface area contributed by atoms with Crippen LogP contribution in [0, 0.1) is 0 Å². The number of carboxylic acids is 2. The van der Waals surface area contributed by atoms with Crippen LogP contribution in [-0.2, 0) is 16.0 Å². The van der Waals surface area contributed by atoms with Crippen LogP contribution in [0.1, 0.15) is 12.1 Å². The SMILES string of the molecule is CNC(=S)NCCCc1csc(N/C(N)=N\CC(F)(F)F)n1.O=C(O)/C=C\C(=O)O. The van der Waals surface area contributed by atoms with E-state index >= 15 is 0 Å². The van der Waals surface area contributed by atoms with Gasteiger partial charge in [0.15, 0.2) is 16.2 Å². The number of guanidine groups is 1. The molecule has 1 aromatic heterocycles. The van der Waals surface area contributed by atoms with Gasteiger partial charge >= 0.3 is 18.1 Å². The number of aliphatic carboxylic acids is 2. The summed E-state index contributed by atoms with van der Waals surface area (Å²) in [5, 5.41) is 26.8. The molecule has 7 N–H and O–H groups in total. The van der Waals surface area contributed by atoms with E-state index < -0.39 is 24.7 Å². The predicted octanol–water partition coefficient (Wildman–Crippen LogP) is 1.17. The highest BCUT2D eigenvalue weighted by Gasteiger charge is 2.26. The zero-order valence-corrected chi connectivity index (χ0v) is 17.3. The number of hydrogen-bond donors (Lipinski definition) is 6. The number of nitrogens with two attached hydrogens (primary N) is 1. The highest BCUT2D eigenvalue weighted by Crippen LogP contribution is 2.17. The Hall–Kier alpha value is -2.94. The van der Waals surface area contributed by atoms with E-state index in [9.17, 15) is 22.8 Å². The molecule has 10 nitrogen and oxygen atoms in total. The third-order valence-corrected chi connectivity index (χ3v) is 3.86. The molecule has 168 valence electrons. The highest BCUT2D eigenvalue weighted by molar-refractivity contribution is 7.80. The van der Waals surface area contributed by atoms with Gasteiger partial charge in [0.25, 0.3) is 0 Å². The second-order valence-electron chi connectivity index (χ2n) is 5.20. The Morgan fingerprint density at radius 3 is 2.43 bits per heavy atom. The van der Waals surface area contributed by atoms with Crippen molar-refractivity contribution >= 4 is 51.7 Å². The average Bonchev–Trinajstić information content (AvgIpc) is 3.08. The van der Waals surface area contributed by atoms with E-state index in [1.807, 2.05) is 5.38 Å². The molecule has 0 amide bonds. The number of aromatic nitrogens is 1. The summed E-state index contributed by atoms with van der Waals surface area (Å²) in [5.74, 6) is -2.82. The third kappa shape index (κ3) is 16.1. The van der Waals surface area contributed by atoms with Crippen molar-refractivity contribution in [2.45, 2.75) is 19.0 Å². The summed E-state index contributed by atoms with van der Waals surface area (Å²) in [4.78, 5) is 26.5. The lowest BCUT2D eigenvalue weighted by atomic mass is 10.2. The minimum Gasteiger partial charge on any atom is -0.478 e. The van der Waals surface area contributed by atoms with Crippen LogP contribution in [-0.4, -0.2) is 64.5 Å². The number of alkyl halides is 3. The van der Waals surface area contributed by atoms with Gasteiger partial charge in [-0.1, -0.05) is 0 Å². The first-order chi connectivity index (χ1) is 13.9. The molecule has 0 fully saturated rings. The van der Waals surface area contributed by atoms with Gasteiger partial charge in [0.2, 0.25) is 0 Å². The Labute approximate surface area is 179 Å². The fraction of sp³-hybridized carbons (Fsp3) is 0.400. The van der Waals surface area contributed by atoms with Crippen LogP contribution in [0.25, 0.3) is 0 Å². The van der Waals surface area contributed by atoms with Crippen molar-refractivity contribution in [3.63, 3.8) is 0 Å². The van der Waals surface area contributed by atoms with Gasteiger partial charge in [-0.2, -0.15) is 13.2 Å². The molecule has 0 radical (unpaired) electrons. The quantitative estimate of drug-likeness (QED) is 0.107. The Morgan fingerprint density at radius 2 is 1.93 bits per heavy atom. The lowest BCUT2D eigenvalue weighted by molar-refractivity contribution is -0.134. The van der Waals surface area contributed by atoms with Crippen LogP contribution in [0.3, 0.4) is 0 Å². The Morgan fingerprint density at radius 1 is 1.33 bits per heavy atom. The lowest BCUT2D eigenvalue weighted by Gasteiger charge is -2.05. The summed E-state index contributed by atoms with van der Waals surface area (Å²) in [6.45, 7) is -0.615. The number of rotatable bonds is 8. The minimum atomic E-state index is -4.37. The van der Waals surface area contributed by atoms with Crippen molar-refractivity contribution in [3.8, 4) is 0 Å². The van der Waals surface area contributed by atoms with Crippen molar-refractivity contribution in [1.82, 2.24) is 15.6 Å². The average molecular weight is 470 g/mol. The van der Waals surface area contributed by atoms with Crippen LogP contribution in [0.15, 0.2) is 22.5 Å². The lowest BCUT2D eigenvalue weighted by Crippen LogP contribution is -2.33. The van der Waals surface area contributed by atoms with Crippen molar-refractivity contribution in [2.24, 2.45) is 10.7 Å². The minimum absolute atomic E-state index is 0.306. The van der Waals surface area contributed by atoms with Crippen molar-refractivity contribution in [3.05, 3.63) is 23.2 Å². The molecule has 0 spiro atoms. The van der Waals surface area contributed by atoms with Crippen molar-refractivity contribution in [2.75, 3.05) is 25.5 Å². The maximum absolute atomic E-state index is 12.0. The molecule has 30 heavy (non-hydrogen) atoms. The summed E-state index contributed by atoms with van der Waals surface area (Å²) in [7, 11) is 1.73. The molecule has 0 saturated heterocycles. The molecule has 0 aliphatic carbocycles. The fourth-order valence-electron chi connectivity index (χ4n) is 1.51. The molecule has 0 aromatic carbocycles. The van der Waals surface area contributed by atoms with E-state index in [1.54, 1.807) is 7.05 Å². The van der Waals surface area contributed by atoms with Crippen LogP contribution in [0.5, 0.6) is 0 Å². The van der Waals surface area contributed by atoms with Crippen LogP contribution in [0.4, 0.5) is 18.3 Å². The Kier molecular flexibility index (Phi) is 12.7. The second-order valence-corrected chi connectivity index (χ2v) is 6.47. The highest BCUT2D eigenvalue weighted by atomic mass is 32.1. The van der Waals surface area contributed by atoms with E-state index in [-0.39, 0.29) is 5.96 Å². The predicted molar refractivity (Wildman–Crippen MR) is 111 cm³/mol. The first-order valence-electron chi connectivity index (χ1n) is 8.10. The number of nitrogens with one attached hydrogen (secondary N) is 3. The normalized spacial score (nSPS) is 11.4. The Balaban J connectivity index is 0.000000890. The molecule has 1 heterocycles. The van der Waals surface area contributed by atoms with Gasteiger partial charge in [0.1, 0.15) is 6.54 Å². The fourth-order valence-corrected chi connectivity index (χ4v) is 2.36. The van der Waals surface area contributed by atoms with Gasteiger partial charge in [-0.3, -0.25) is 0 Å². The van der Waals surface area contributed by atoms with Crippen LogP contribution >= 0.6 is 23.6 Å². The molecule has 1 aromatic rings. The topological polar surface area (TPSA) is 162 Å². The van der Waals surface area contributed by atoms with E-state index in [0.29, 0.717) is 28.9 Å². The number of thiocarbonyl (C=S) groups is 1. The van der Waals surface area contributed by atoms with E-state index in [1.165, 1.54) is 11.3 Å². The molecule has 0 unspecified atom stereocenters. The molecular weight excluding hydrogens is 449 g/mol. The molecule has 0 saturated carbocycles. The van der Waals surface area contributed by atoms with Crippen molar-refractivity contribution < 1.29 is 33.0 Å². The zero-order valence-electron chi connectivity index (χ0n) is 15.7. The molecule has 15 heteroatoms. The van der Waals surface area contributed by atoms with Gasteiger partial charge in [-0.25, -0.2) is 19.6 Å². The van der Waals surface area contributed by atoms with Gasteiger partial charge in [0, 0.05) is 31.1 Å². The first-order valence-corrected chi connectivity index (χ1v) is 9.39. The van der Waals surface area contributed by atoms with Gasteiger partial charge in [-0.15, -0.1) is 11.3 Å². The summed E-state index contributed by atoms with van der Waals surface area (Å²) in [6.07, 6.45) is -1.72.